The van der Waals surface area contributed by atoms with Crippen molar-refractivity contribution in [2.45, 2.75) is 24.9 Å². The summed E-state index contributed by atoms with van der Waals surface area (Å²) in [5, 5.41) is 1.61. The number of primary amides is 1. The van der Waals surface area contributed by atoms with E-state index in [1.165, 1.54) is 31.0 Å². The van der Waals surface area contributed by atoms with Crippen LogP contribution in [0.1, 0.15) is 19.4 Å². The minimum Gasteiger partial charge on any atom is -0.496 e. The Morgan fingerprint density at radius 1 is 1.43 bits per heavy atom. The van der Waals surface area contributed by atoms with Crippen LogP contribution in [0, 0.1) is 11.7 Å². The molecule has 0 aliphatic rings. The largest absolute Gasteiger partial charge is 0.496 e. The molecule has 0 heterocycles. The number of benzene rings is 1. The number of rotatable bonds is 6. The van der Waals surface area contributed by atoms with Crippen LogP contribution in [-0.4, -0.2) is 24.3 Å². The molecule has 0 bridgehead atoms. The van der Waals surface area contributed by atoms with Crippen molar-refractivity contribution in [3.05, 3.63) is 29.6 Å². The van der Waals surface area contributed by atoms with Gasteiger partial charge in [-0.3, -0.25) is 10.1 Å². The molecule has 0 spiro atoms. The van der Waals surface area contributed by atoms with Gasteiger partial charge in [0, 0.05) is 11.3 Å². The topological polar surface area (TPSA) is 81.4 Å². The number of carbonyl (C=O) groups excluding carboxylic acids is 2. The van der Waals surface area contributed by atoms with E-state index in [4.69, 9.17) is 10.5 Å². The first-order valence-electron chi connectivity index (χ1n) is 6.39. The highest BCUT2D eigenvalue weighted by Crippen LogP contribution is 2.29. The summed E-state index contributed by atoms with van der Waals surface area (Å²) in [4.78, 5) is 22.7. The monoisotopic (exact) mass is 314 g/mol. The fourth-order valence-corrected chi connectivity index (χ4v) is 2.98. The Kier molecular flexibility index (Phi) is 6.48. The van der Waals surface area contributed by atoms with E-state index in [1.54, 1.807) is 6.07 Å². The molecule has 5 nitrogen and oxygen atoms in total. The first kappa shape index (κ1) is 17.3. The van der Waals surface area contributed by atoms with Crippen LogP contribution < -0.4 is 15.8 Å². The predicted molar refractivity (Wildman–Crippen MR) is 80.6 cm³/mol. The van der Waals surface area contributed by atoms with E-state index in [0.717, 1.165) is 0 Å². The Morgan fingerprint density at radius 3 is 2.62 bits per heavy atom. The van der Waals surface area contributed by atoms with Gasteiger partial charge in [0.2, 0.25) is 5.91 Å². The lowest BCUT2D eigenvalue weighted by Crippen LogP contribution is -2.42. The molecule has 1 aromatic rings. The number of nitrogens with two attached hydrogens (primary N) is 1. The zero-order valence-corrected chi connectivity index (χ0v) is 13.0. The molecule has 1 aromatic carbocycles. The number of ether oxygens (including phenoxy) is 1. The van der Waals surface area contributed by atoms with Crippen LogP contribution in [0.5, 0.6) is 5.75 Å². The second-order valence-electron chi connectivity index (χ2n) is 4.79. The molecular weight excluding hydrogens is 295 g/mol. The van der Waals surface area contributed by atoms with Crippen LogP contribution in [0.4, 0.5) is 9.18 Å². The van der Waals surface area contributed by atoms with Gasteiger partial charge in [0.05, 0.1) is 12.4 Å². The van der Waals surface area contributed by atoms with E-state index in [9.17, 15) is 14.0 Å². The van der Waals surface area contributed by atoms with Gasteiger partial charge >= 0.3 is 6.03 Å². The summed E-state index contributed by atoms with van der Waals surface area (Å²) in [6.45, 7) is 3.72. The summed E-state index contributed by atoms with van der Waals surface area (Å²) in [5.74, 6) is 0.123. The Labute approximate surface area is 127 Å². The molecule has 0 aliphatic carbocycles. The molecule has 3 amide bonds. The summed E-state index contributed by atoms with van der Waals surface area (Å²) >= 11 is 1.30. The average molecular weight is 314 g/mol. The van der Waals surface area contributed by atoms with E-state index < -0.39 is 17.2 Å². The van der Waals surface area contributed by atoms with E-state index in [0.29, 0.717) is 17.1 Å². The van der Waals surface area contributed by atoms with Crippen molar-refractivity contribution < 1.29 is 18.7 Å². The SMILES string of the molecule is COc1ccc(F)cc1CS[C@H](C(=O)NC(N)=O)C(C)C. The minimum atomic E-state index is -0.880. The number of amides is 3. The molecule has 0 saturated carbocycles. The first-order chi connectivity index (χ1) is 9.85. The van der Waals surface area contributed by atoms with Crippen LogP contribution in [0.3, 0.4) is 0 Å². The fraction of sp³-hybridized carbons (Fsp3) is 0.429. The van der Waals surface area contributed by atoms with Crippen LogP contribution in [0.15, 0.2) is 18.2 Å². The highest BCUT2D eigenvalue weighted by atomic mass is 32.2. The molecule has 0 aromatic heterocycles. The summed E-state index contributed by atoms with van der Waals surface area (Å²) in [6.07, 6.45) is 0. The number of nitrogens with one attached hydrogen (secondary N) is 1. The number of carbonyl (C=O) groups is 2. The Hall–Kier alpha value is -1.76. The first-order valence-corrected chi connectivity index (χ1v) is 7.44. The zero-order valence-electron chi connectivity index (χ0n) is 12.2. The summed E-state index contributed by atoms with van der Waals surface area (Å²) in [5.41, 5.74) is 5.61. The van der Waals surface area contributed by atoms with Gasteiger partial charge in [0.25, 0.3) is 0 Å². The van der Waals surface area contributed by atoms with Gasteiger partial charge in [-0.15, -0.1) is 11.8 Å². The van der Waals surface area contributed by atoms with Gasteiger partial charge in [-0.2, -0.15) is 0 Å². The lowest BCUT2D eigenvalue weighted by atomic mass is 10.1. The van der Waals surface area contributed by atoms with Crippen LogP contribution in [0.25, 0.3) is 0 Å². The second-order valence-corrected chi connectivity index (χ2v) is 5.92. The third kappa shape index (κ3) is 5.26. The summed E-state index contributed by atoms with van der Waals surface area (Å²) in [7, 11) is 1.50. The molecule has 21 heavy (non-hydrogen) atoms. The number of halogens is 1. The molecule has 1 atom stereocenters. The molecular formula is C14H19FN2O3S. The van der Waals surface area contributed by atoms with Crippen LogP contribution >= 0.6 is 11.8 Å². The number of methoxy groups -OCH3 is 1. The van der Waals surface area contributed by atoms with E-state index in [-0.39, 0.29) is 11.7 Å². The molecule has 7 heteroatoms. The third-order valence-corrected chi connectivity index (χ3v) is 4.37. The standard InChI is InChI=1S/C14H19FN2O3S/c1-8(2)12(13(18)17-14(16)19)21-7-9-6-10(15)4-5-11(9)20-3/h4-6,8,12H,7H2,1-3H3,(H3,16,17,18,19)/t12-/m0/s1. The smallest absolute Gasteiger partial charge is 0.318 e. The van der Waals surface area contributed by atoms with Gasteiger partial charge in [-0.1, -0.05) is 13.8 Å². The Balaban J connectivity index is 2.80. The van der Waals surface area contributed by atoms with Crippen molar-refractivity contribution in [2.75, 3.05) is 7.11 Å². The number of urea groups is 1. The third-order valence-electron chi connectivity index (χ3n) is 2.77. The Bertz CT molecular complexity index is 523. The predicted octanol–water partition coefficient (Wildman–Crippen LogP) is 2.29. The van der Waals surface area contributed by atoms with Crippen molar-refractivity contribution in [1.29, 1.82) is 0 Å². The lowest BCUT2D eigenvalue weighted by molar-refractivity contribution is -0.120. The van der Waals surface area contributed by atoms with Gasteiger partial charge in [-0.25, -0.2) is 9.18 Å². The minimum absolute atomic E-state index is 0.00564. The summed E-state index contributed by atoms with van der Waals surface area (Å²) < 4.78 is 18.5. The van der Waals surface area contributed by atoms with Gasteiger partial charge in [0.1, 0.15) is 11.6 Å². The van der Waals surface area contributed by atoms with Crippen molar-refractivity contribution in [3.8, 4) is 5.75 Å². The van der Waals surface area contributed by atoms with Crippen molar-refractivity contribution >= 4 is 23.7 Å². The van der Waals surface area contributed by atoms with Gasteiger partial charge in [-0.05, 0) is 24.1 Å². The van der Waals surface area contributed by atoms with Gasteiger partial charge in [0.15, 0.2) is 0 Å². The number of thioether (sulfide) groups is 1. The van der Waals surface area contributed by atoms with Gasteiger partial charge < -0.3 is 10.5 Å². The highest BCUT2D eigenvalue weighted by Gasteiger charge is 2.24. The second kappa shape index (κ2) is 7.87. The molecule has 1 rings (SSSR count). The molecule has 116 valence electrons. The average Bonchev–Trinajstić information content (AvgIpc) is 2.37. The van der Waals surface area contributed by atoms with Crippen LogP contribution in [-0.2, 0) is 10.5 Å². The van der Waals surface area contributed by atoms with Crippen molar-refractivity contribution in [1.82, 2.24) is 5.32 Å². The van der Waals surface area contributed by atoms with E-state index >= 15 is 0 Å². The number of hydrogen-bond donors (Lipinski definition) is 2. The Morgan fingerprint density at radius 2 is 2.10 bits per heavy atom. The van der Waals surface area contributed by atoms with Crippen molar-refractivity contribution in [2.24, 2.45) is 11.7 Å². The maximum absolute atomic E-state index is 13.3. The maximum Gasteiger partial charge on any atom is 0.318 e. The number of hydrogen-bond acceptors (Lipinski definition) is 4. The van der Waals surface area contributed by atoms with Crippen LogP contribution in [0.2, 0.25) is 0 Å². The van der Waals surface area contributed by atoms with E-state index in [2.05, 4.69) is 5.32 Å². The van der Waals surface area contributed by atoms with Crippen molar-refractivity contribution in [3.63, 3.8) is 0 Å². The zero-order chi connectivity index (χ0) is 16.0. The molecule has 0 unspecified atom stereocenters. The molecule has 3 N–H and O–H groups in total. The van der Waals surface area contributed by atoms with E-state index in [1.807, 2.05) is 13.8 Å². The maximum atomic E-state index is 13.3. The molecule has 0 saturated heterocycles. The number of imide groups is 1. The summed E-state index contributed by atoms with van der Waals surface area (Å²) in [6, 6.07) is 3.34. The normalized spacial score (nSPS) is 12.0. The molecule has 0 aliphatic heterocycles. The highest BCUT2D eigenvalue weighted by molar-refractivity contribution is 7.99. The lowest BCUT2D eigenvalue weighted by Gasteiger charge is -2.19. The quantitative estimate of drug-likeness (QED) is 0.844. The molecule has 0 radical (unpaired) electrons. The molecule has 0 fully saturated rings. The fourth-order valence-electron chi connectivity index (χ4n) is 1.80.